The number of hydrogen-bond acceptors (Lipinski definition) is 3. The molecule has 4 heteroatoms. The topological polar surface area (TPSA) is 19.6 Å². The Morgan fingerprint density at radius 2 is 0.746 bits per heavy atom. The summed E-state index contributed by atoms with van der Waals surface area (Å²) in [6.45, 7) is 4.72. The van der Waals surface area contributed by atoms with Gasteiger partial charge in [-0.25, -0.2) is 0 Å². The number of fused-ring (bicyclic) bond motifs is 6. The molecule has 320 valence electrons. The van der Waals surface area contributed by atoms with Crippen LogP contribution < -0.4 is 30.5 Å². The molecule has 1 aromatic heterocycles. The maximum absolute atomic E-state index is 6.48. The number of anilines is 6. The average Bonchev–Trinajstić information content (AvgIpc) is 3.87. The van der Waals surface area contributed by atoms with Crippen LogP contribution in [0.2, 0.25) is 0 Å². The summed E-state index contributed by atoms with van der Waals surface area (Å²) in [5, 5.41) is 7.44. The smallest absolute Gasteiger partial charge is 0.179 e. The Bertz CT molecular complexity index is 3530. The Morgan fingerprint density at radius 1 is 0.313 bits per heavy atom. The first-order valence-electron chi connectivity index (χ1n) is 23.2. The predicted molar refractivity (Wildman–Crippen MR) is 284 cm³/mol. The Morgan fingerprint density at radius 3 is 1.36 bits per heavy atom. The van der Waals surface area contributed by atoms with Gasteiger partial charge in [-0.2, -0.15) is 0 Å². The molecule has 0 N–H and O–H groups in total. The van der Waals surface area contributed by atoms with Crippen LogP contribution in [-0.4, -0.2) is 8.07 Å². The van der Waals surface area contributed by atoms with E-state index in [0.29, 0.717) is 0 Å². The number of benzene rings is 10. The van der Waals surface area contributed by atoms with Crippen molar-refractivity contribution in [2.45, 2.75) is 19.3 Å². The highest BCUT2D eigenvalue weighted by atomic mass is 28.3. The zero-order valence-electron chi connectivity index (χ0n) is 37.6. The van der Waals surface area contributed by atoms with E-state index in [1.165, 1.54) is 43.0 Å². The van der Waals surface area contributed by atoms with E-state index in [4.69, 9.17) is 4.42 Å². The van der Waals surface area contributed by atoms with E-state index in [0.717, 1.165) is 56.1 Å². The molecule has 0 amide bonds. The maximum atomic E-state index is 6.48. The summed E-state index contributed by atoms with van der Waals surface area (Å²) in [5.74, 6) is 0. The van der Waals surface area contributed by atoms with Gasteiger partial charge in [0.05, 0.1) is 0 Å². The fourth-order valence-corrected chi connectivity index (χ4v) is 15.7. The van der Waals surface area contributed by atoms with Crippen LogP contribution in [0.15, 0.2) is 259 Å². The van der Waals surface area contributed by atoms with Gasteiger partial charge in [-0.1, -0.05) is 184 Å². The van der Waals surface area contributed by atoms with E-state index >= 15 is 0 Å². The van der Waals surface area contributed by atoms with Gasteiger partial charge in [-0.3, -0.25) is 0 Å². The van der Waals surface area contributed by atoms with Crippen LogP contribution in [0.25, 0.3) is 33.1 Å². The Kier molecular flexibility index (Phi) is 9.85. The van der Waals surface area contributed by atoms with Gasteiger partial charge >= 0.3 is 0 Å². The standard InChI is InChI=1S/C63H48N2OSi/c1-63(2)59-35-17-15-33-55(59)56-39-37-49(43-60(56)63)64(45-21-7-3-8-22-45)47-25-19-31-53(41-47)67(51-27-11-5-12-28-51,52-29-13-6-14-30-52)54-32-20-26-48(42-54)65(46-23-9-4-10-24-46)50-38-40-58-57-34-16-18-36-61(57)66-62(58)44-50/h3-44H,1-2H3. The monoisotopic (exact) mass is 876 g/mol. The van der Waals surface area contributed by atoms with Crippen LogP contribution in [0.4, 0.5) is 34.1 Å². The molecule has 3 nitrogen and oxygen atoms in total. The third-order valence-electron chi connectivity index (χ3n) is 14.0. The minimum absolute atomic E-state index is 0.134. The van der Waals surface area contributed by atoms with Crippen molar-refractivity contribution in [1.82, 2.24) is 0 Å². The highest BCUT2D eigenvalue weighted by Crippen LogP contribution is 2.50. The molecule has 11 aromatic rings. The number of rotatable bonds is 10. The van der Waals surface area contributed by atoms with Crippen LogP contribution in [0.5, 0.6) is 0 Å². The number of furan rings is 1. The minimum atomic E-state index is -3.08. The molecule has 0 fully saturated rings. The number of hydrogen-bond donors (Lipinski definition) is 0. The van der Waals surface area contributed by atoms with E-state index in [9.17, 15) is 0 Å². The summed E-state index contributed by atoms with van der Waals surface area (Å²) in [5.41, 5.74) is 13.5. The van der Waals surface area contributed by atoms with Gasteiger partial charge in [0.1, 0.15) is 11.2 Å². The molecule has 0 radical (unpaired) electrons. The molecule has 1 aliphatic rings. The first-order chi connectivity index (χ1) is 33.0. The third kappa shape index (κ3) is 6.71. The quantitative estimate of drug-likeness (QED) is 0.101. The van der Waals surface area contributed by atoms with Crippen molar-refractivity contribution < 1.29 is 4.42 Å². The van der Waals surface area contributed by atoms with Crippen molar-refractivity contribution in [3.63, 3.8) is 0 Å². The van der Waals surface area contributed by atoms with E-state index in [2.05, 4.69) is 266 Å². The maximum Gasteiger partial charge on any atom is 0.179 e. The Hall–Kier alpha value is -8.18. The van der Waals surface area contributed by atoms with Crippen molar-refractivity contribution in [2.24, 2.45) is 0 Å². The summed E-state index contributed by atoms with van der Waals surface area (Å²) in [6, 6.07) is 93.5. The molecular weight excluding hydrogens is 829 g/mol. The fraction of sp³-hybridized carbons (Fsp3) is 0.0476. The molecule has 0 bridgehead atoms. The van der Waals surface area contributed by atoms with Gasteiger partial charge in [-0.05, 0) is 122 Å². The summed E-state index contributed by atoms with van der Waals surface area (Å²) >= 11 is 0. The van der Waals surface area contributed by atoms with Gasteiger partial charge in [0.25, 0.3) is 0 Å². The van der Waals surface area contributed by atoms with Crippen LogP contribution in [0, 0.1) is 0 Å². The van der Waals surface area contributed by atoms with E-state index < -0.39 is 8.07 Å². The lowest BCUT2D eigenvalue weighted by atomic mass is 9.82. The summed E-state index contributed by atoms with van der Waals surface area (Å²) in [6.07, 6.45) is 0. The number of nitrogens with zero attached hydrogens (tertiary/aromatic N) is 2. The Labute approximate surface area is 393 Å². The second-order valence-corrected chi connectivity index (χ2v) is 21.9. The van der Waals surface area contributed by atoms with E-state index in [1.54, 1.807) is 0 Å². The summed E-state index contributed by atoms with van der Waals surface area (Å²) < 4.78 is 6.48. The van der Waals surface area contributed by atoms with Crippen LogP contribution in [0.3, 0.4) is 0 Å². The molecule has 0 aliphatic heterocycles. The van der Waals surface area contributed by atoms with Gasteiger partial charge in [0.15, 0.2) is 8.07 Å². The van der Waals surface area contributed by atoms with Crippen molar-refractivity contribution in [3.05, 3.63) is 266 Å². The lowest BCUT2D eigenvalue weighted by molar-refractivity contribution is 0.660. The molecule has 1 aliphatic carbocycles. The molecule has 67 heavy (non-hydrogen) atoms. The van der Waals surface area contributed by atoms with Crippen molar-refractivity contribution >= 4 is 84.9 Å². The fourth-order valence-electron chi connectivity index (χ4n) is 10.9. The van der Waals surface area contributed by atoms with Crippen LogP contribution in [-0.2, 0) is 5.41 Å². The normalized spacial score (nSPS) is 12.7. The van der Waals surface area contributed by atoms with Crippen molar-refractivity contribution in [3.8, 4) is 11.1 Å². The van der Waals surface area contributed by atoms with Crippen molar-refractivity contribution in [1.29, 1.82) is 0 Å². The van der Waals surface area contributed by atoms with Gasteiger partial charge in [0.2, 0.25) is 0 Å². The van der Waals surface area contributed by atoms with E-state index in [-0.39, 0.29) is 5.41 Å². The molecule has 10 aromatic carbocycles. The zero-order valence-corrected chi connectivity index (χ0v) is 38.6. The lowest BCUT2D eigenvalue weighted by Crippen LogP contribution is -2.74. The zero-order chi connectivity index (χ0) is 45.0. The number of para-hydroxylation sites is 3. The van der Waals surface area contributed by atoms with Gasteiger partial charge in [-0.15, -0.1) is 0 Å². The van der Waals surface area contributed by atoms with Gasteiger partial charge in [0, 0.05) is 56.4 Å². The summed E-state index contributed by atoms with van der Waals surface area (Å²) in [4.78, 5) is 4.81. The molecule has 0 spiro atoms. The SMILES string of the molecule is CC1(C)c2ccccc2-c2ccc(N(c3ccccc3)c3cccc([Si](c4ccccc4)(c4ccccc4)c4cccc(N(c5ccccc5)c5ccc6c(c5)oc5ccccc56)c4)c3)cc21. The largest absolute Gasteiger partial charge is 0.456 e. The molecular formula is C63H48N2OSi. The first kappa shape index (κ1) is 40.3. The lowest BCUT2D eigenvalue weighted by Gasteiger charge is -2.36. The highest BCUT2D eigenvalue weighted by Gasteiger charge is 2.42. The highest BCUT2D eigenvalue weighted by molar-refractivity contribution is 7.20. The van der Waals surface area contributed by atoms with Gasteiger partial charge < -0.3 is 14.2 Å². The molecule has 0 unspecified atom stereocenters. The molecule has 0 saturated heterocycles. The third-order valence-corrected chi connectivity index (χ3v) is 18.7. The van der Waals surface area contributed by atoms with Crippen LogP contribution in [0.1, 0.15) is 25.0 Å². The van der Waals surface area contributed by atoms with E-state index in [1.807, 2.05) is 12.1 Å². The molecule has 12 rings (SSSR count). The van der Waals surface area contributed by atoms with Crippen molar-refractivity contribution in [2.75, 3.05) is 9.80 Å². The molecule has 0 saturated carbocycles. The minimum Gasteiger partial charge on any atom is -0.456 e. The summed E-state index contributed by atoms with van der Waals surface area (Å²) in [7, 11) is -3.08. The molecule has 1 heterocycles. The predicted octanol–water partition coefficient (Wildman–Crippen LogP) is 14.2. The molecule has 0 atom stereocenters. The van der Waals surface area contributed by atoms with Crippen LogP contribution >= 0.6 is 0 Å². The Balaban J connectivity index is 1.07. The first-order valence-corrected chi connectivity index (χ1v) is 25.2. The average molecular weight is 877 g/mol. The second kappa shape index (κ2) is 16.4. The second-order valence-electron chi connectivity index (χ2n) is 18.1.